The average Bonchev–Trinajstić information content (AvgIpc) is 2.28. The number of halogens is 1. The van der Waals surface area contributed by atoms with Gasteiger partial charge in [0.1, 0.15) is 0 Å². The van der Waals surface area contributed by atoms with Gasteiger partial charge in [-0.1, -0.05) is 6.07 Å². The van der Waals surface area contributed by atoms with E-state index in [1.54, 1.807) is 12.4 Å². The number of alkyl halides is 1. The Hall–Kier alpha value is -0.650. The molecule has 1 heterocycles. The van der Waals surface area contributed by atoms with Gasteiger partial charge in [-0.3, -0.25) is 4.98 Å². The minimum atomic E-state index is -3.17. The third-order valence-corrected chi connectivity index (χ3v) is 3.74. The molecule has 0 bridgehead atoms. The van der Waals surface area contributed by atoms with Crippen LogP contribution in [0, 0.1) is 0 Å². The Balaban J connectivity index is 2.30. The number of sulfonamides is 1. The average molecular weight is 263 g/mol. The molecule has 0 aliphatic heterocycles. The van der Waals surface area contributed by atoms with E-state index in [4.69, 9.17) is 11.6 Å². The molecule has 0 radical (unpaired) electrons. The van der Waals surface area contributed by atoms with Gasteiger partial charge in [-0.2, -0.15) is 0 Å². The molecular formula is C10H15ClN2O2S. The summed E-state index contributed by atoms with van der Waals surface area (Å²) in [6, 6.07) is 3.75. The van der Waals surface area contributed by atoms with Crippen molar-refractivity contribution in [3.8, 4) is 0 Å². The Bertz CT molecular complexity index is 395. The van der Waals surface area contributed by atoms with Crippen molar-refractivity contribution in [2.45, 2.75) is 12.8 Å². The molecule has 0 fully saturated rings. The Labute approximate surface area is 101 Å². The quantitative estimate of drug-likeness (QED) is 0.751. The number of hydrogen-bond acceptors (Lipinski definition) is 3. The Morgan fingerprint density at radius 2 is 2.25 bits per heavy atom. The lowest BCUT2D eigenvalue weighted by Crippen LogP contribution is -2.28. The van der Waals surface area contributed by atoms with Crippen molar-refractivity contribution in [1.82, 2.24) is 9.71 Å². The summed E-state index contributed by atoms with van der Waals surface area (Å²) in [7, 11) is -3.17. The summed E-state index contributed by atoms with van der Waals surface area (Å²) in [6.45, 7) is 0.399. The number of aromatic nitrogens is 1. The van der Waals surface area contributed by atoms with Gasteiger partial charge < -0.3 is 0 Å². The zero-order chi connectivity index (χ0) is 11.9. The highest BCUT2D eigenvalue weighted by Crippen LogP contribution is 1.97. The smallest absolute Gasteiger partial charge is 0.211 e. The SMILES string of the molecule is O=S(=O)(CCCCl)NCCc1cccnc1. The third-order valence-electron chi connectivity index (χ3n) is 2.01. The second-order valence-corrected chi connectivity index (χ2v) is 5.67. The van der Waals surface area contributed by atoms with Crippen LogP contribution in [0.5, 0.6) is 0 Å². The molecule has 1 N–H and O–H groups in total. The van der Waals surface area contributed by atoms with Crippen LogP contribution in [0.3, 0.4) is 0 Å². The fraction of sp³-hybridized carbons (Fsp3) is 0.500. The molecule has 0 amide bonds. The Kier molecular flexibility index (Phi) is 5.73. The second-order valence-electron chi connectivity index (χ2n) is 3.37. The molecule has 4 nitrogen and oxygen atoms in total. The normalized spacial score (nSPS) is 11.6. The molecule has 16 heavy (non-hydrogen) atoms. The number of nitrogens with one attached hydrogen (secondary N) is 1. The lowest BCUT2D eigenvalue weighted by Gasteiger charge is -2.05. The Morgan fingerprint density at radius 3 is 2.88 bits per heavy atom. The van der Waals surface area contributed by atoms with Crippen LogP contribution in [0.4, 0.5) is 0 Å². The number of nitrogens with zero attached hydrogens (tertiary/aromatic N) is 1. The van der Waals surface area contributed by atoms with Gasteiger partial charge in [-0.25, -0.2) is 13.1 Å². The summed E-state index contributed by atoms with van der Waals surface area (Å²) >= 11 is 5.44. The number of pyridine rings is 1. The zero-order valence-corrected chi connectivity index (χ0v) is 10.5. The van der Waals surface area contributed by atoms with Crippen LogP contribution < -0.4 is 4.72 Å². The fourth-order valence-corrected chi connectivity index (χ4v) is 2.59. The topological polar surface area (TPSA) is 59.1 Å². The maximum Gasteiger partial charge on any atom is 0.211 e. The van der Waals surface area contributed by atoms with E-state index in [1.807, 2.05) is 12.1 Å². The van der Waals surface area contributed by atoms with Crippen molar-refractivity contribution in [2.24, 2.45) is 0 Å². The summed E-state index contributed by atoms with van der Waals surface area (Å²) in [4.78, 5) is 3.95. The van der Waals surface area contributed by atoms with E-state index in [-0.39, 0.29) is 5.75 Å². The summed E-state index contributed by atoms with van der Waals surface area (Å²) in [6.07, 6.45) is 4.54. The first-order valence-corrected chi connectivity index (χ1v) is 7.25. The molecule has 6 heteroatoms. The third kappa shape index (κ3) is 5.44. The summed E-state index contributed by atoms with van der Waals surface area (Å²) in [5, 5.41) is 0. The van der Waals surface area contributed by atoms with E-state index < -0.39 is 10.0 Å². The molecule has 0 spiro atoms. The van der Waals surface area contributed by atoms with Crippen LogP contribution in [0.2, 0.25) is 0 Å². The first-order chi connectivity index (χ1) is 7.64. The van der Waals surface area contributed by atoms with E-state index >= 15 is 0 Å². The summed E-state index contributed by atoms with van der Waals surface area (Å²) in [5.74, 6) is 0.451. The van der Waals surface area contributed by atoms with Gasteiger partial charge in [-0.15, -0.1) is 11.6 Å². The van der Waals surface area contributed by atoms with Crippen molar-refractivity contribution < 1.29 is 8.42 Å². The highest BCUT2D eigenvalue weighted by molar-refractivity contribution is 7.89. The minimum absolute atomic E-state index is 0.0868. The highest BCUT2D eigenvalue weighted by Gasteiger charge is 2.08. The van der Waals surface area contributed by atoms with Gasteiger partial charge in [0.2, 0.25) is 10.0 Å². The largest absolute Gasteiger partial charge is 0.264 e. The van der Waals surface area contributed by atoms with Crippen LogP contribution >= 0.6 is 11.6 Å². The van der Waals surface area contributed by atoms with Crippen molar-refractivity contribution in [1.29, 1.82) is 0 Å². The van der Waals surface area contributed by atoms with E-state index in [0.29, 0.717) is 25.3 Å². The molecule has 1 aromatic rings. The molecule has 0 aliphatic rings. The molecule has 0 saturated heterocycles. The molecule has 0 saturated carbocycles. The van der Waals surface area contributed by atoms with Gasteiger partial charge in [0, 0.05) is 24.8 Å². The first-order valence-electron chi connectivity index (χ1n) is 5.06. The van der Waals surface area contributed by atoms with Crippen LogP contribution in [-0.4, -0.2) is 31.6 Å². The molecule has 90 valence electrons. The Morgan fingerprint density at radius 1 is 1.44 bits per heavy atom. The maximum atomic E-state index is 11.4. The summed E-state index contributed by atoms with van der Waals surface area (Å²) in [5.41, 5.74) is 1.02. The van der Waals surface area contributed by atoms with Gasteiger partial charge >= 0.3 is 0 Å². The van der Waals surface area contributed by atoms with Crippen LogP contribution in [0.15, 0.2) is 24.5 Å². The van der Waals surface area contributed by atoms with E-state index in [2.05, 4.69) is 9.71 Å². The highest BCUT2D eigenvalue weighted by atomic mass is 35.5. The second kappa shape index (κ2) is 6.83. The zero-order valence-electron chi connectivity index (χ0n) is 8.89. The molecule has 0 atom stereocenters. The van der Waals surface area contributed by atoms with Gasteiger partial charge in [0.05, 0.1) is 5.75 Å². The van der Waals surface area contributed by atoms with E-state index in [1.165, 1.54) is 0 Å². The van der Waals surface area contributed by atoms with Crippen molar-refractivity contribution in [2.75, 3.05) is 18.2 Å². The molecular weight excluding hydrogens is 248 g/mol. The van der Waals surface area contributed by atoms with Crippen LogP contribution in [-0.2, 0) is 16.4 Å². The monoisotopic (exact) mass is 262 g/mol. The standard InChI is InChI=1S/C10H15ClN2O2S/c11-5-2-8-16(14,15)13-7-4-10-3-1-6-12-9-10/h1,3,6,9,13H,2,4-5,7-8H2. The predicted molar refractivity (Wildman–Crippen MR) is 65.1 cm³/mol. The molecule has 0 aliphatic carbocycles. The van der Waals surface area contributed by atoms with Crippen molar-refractivity contribution in [3.05, 3.63) is 30.1 Å². The van der Waals surface area contributed by atoms with E-state index in [0.717, 1.165) is 5.56 Å². The first kappa shape index (κ1) is 13.4. The number of hydrogen-bond donors (Lipinski definition) is 1. The molecule has 1 aromatic heterocycles. The minimum Gasteiger partial charge on any atom is -0.264 e. The molecule has 0 unspecified atom stereocenters. The van der Waals surface area contributed by atoms with Crippen molar-refractivity contribution >= 4 is 21.6 Å². The molecule has 0 aromatic carbocycles. The predicted octanol–water partition coefficient (Wildman–Crippen LogP) is 1.17. The summed E-state index contributed by atoms with van der Waals surface area (Å²) < 4.78 is 25.3. The van der Waals surface area contributed by atoms with Crippen LogP contribution in [0.25, 0.3) is 0 Å². The van der Waals surface area contributed by atoms with Crippen molar-refractivity contribution in [3.63, 3.8) is 0 Å². The molecule has 1 rings (SSSR count). The van der Waals surface area contributed by atoms with Gasteiger partial charge in [0.15, 0.2) is 0 Å². The lowest BCUT2D eigenvalue weighted by molar-refractivity contribution is 0.580. The maximum absolute atomic E-state index is 11.4. The number of rotatable bonds is 7. The lowest BCUT2D eigenvalue weighted by atomic mass is 10.2. The van der Waals surface area contributed by atoms with Crippen LogP contribution in [0.1, 0.15) is 12.0 Å². The van der Waals surface area contributed by atoms with Gasteiger partial charge in [0.25, 0.3) is 0 Å². The van der Waals surface area contributed by atoms with Gasteiger partial charge in [-0.05, 0) is 24.5 Å². The fourth-order valence-electron chi connectivity index (χ4n) is 1.21. The van der Waals surface area contributed by atoms with E-state index in [9.17, 15) is 8.42 Å².